The number of nitrogen functional groups attached to an aromatic ring is 1. The van der Waals surface area contributed by atoms with E-state index in [1.165, 1.54) is 0 Å². The molecule has 0 bridgehead atoms. The maximum absolute atomic E-state index is 12.3. The molecule has 1 aliphatic carbocycles. The summed E-state index contributed by atoms with van der Waals surface area (Å²) in [5.74, 6) is 0.160. The SMILES string of the molecule is CCCCC(=O)NC1=CC(c2ccc(N)c(C(=N)c3cc4cnccc4[nH]3)n2)=C[C@@H](C)C=C1. The monoisotopic (exact) mass is 440 g/mol. The highest BCUT2D eigenvalue weighted by Gasteiger charge is 2.16. The minimum absolute atomic E-state index is 0.00249. The summed E-state index contributed by atoms with van der Waals surface area (Å²) in [6.45, 7) is 4.14. The largest absolute Gasteiger partial charge is 0.397 e. The molecule has 7 nitrogen and oxygen atoms in total. The highest BCUT2D eigenvalue weighted by atomic mass is 16.1. The fraction of sp³-hybridized carbons (Fsp3) is 0.231. The van der Waals surface area contributed by atoms with Crippen molar-refractivity contribution in [2.45, 2.75) is 33.1 Å². The standard InChI is InChI=1S/C26H28N6O/c1-3-4-5-24(33)30-19-7-6-16(2)12-17(13-19)21-9-8-20(27)26(32-21)25(28)23-14-18-15-29-11-10-22(18)31-23/h6-16,28,31H,3-5,27H2,1-2H3,(H,30,33)/t16-/m0/s1. The predicted octanol–water partition coefficient (Wildman–Crippen LogP) is 4.74. The number of H-pyrrole nitrogens is 1. The second kappa shape index (κ2) is 9.65. The van der Waals surface area contributed by atoms with Gasteiger partial charge >= 0.3 is 0 Å². The molecule has 0 aromatic carbocycles. The first-order valence-electron chi connectivity index (χ1n) is 11.1. The molecule has 168 valence electrons. The lowest BCUT2D eigenvalue weighted by atomic mass is 10.0. The Kier molecular flexibility index (Phi) is 6.49. The van der Waals surface area contributed by atoms with Crippen molar-refractivity contribution in [1.82, 2.24) is 20.3 Å². The third kappa shape index (κ3) is 5.09. The smallest absolute Gasteiger partial charge is 0.224 e. The van der Waals surface area contributed by atoms with Crippen LogP contribution in [0.3, 0.4) is 0 Å². The molecule has 5 N–H and O–H groups in total. The number of nitrogens with one attached hydrogen (secondary N) is 3. The van der Waals surface area contributed by atoms with Crippen LogP contribution >= 0.6 is 0 Å². The molecule has 4 rings (SSSR count). The van der Waals surface area contributed by atoms with E-state index in [9.17, 15) is 4.79 Å². The number of aromatic amines is 1. The van der Waals surface area contributed by atoms with Gasteiger partial charge in [0.05, 0.1) is 17.1 Å². The maximum Gasteiger partial charge on any atom is 0.224 e. The van der Waals surface area contributed by atoms with E-state index >= 15 is 0 Å². The van der Waals surface area contributed by atoms with E-state index < -0.39 is 0 Å². The Bertz CT molecular complexity index is 1260. The number of pyridine rings is 2. The number of aromatic nitrogens is 3. The maximum atomic E-state index is 12.3. The number of nitrogens with zero attached hydrogens (tertiary/aromatic N) is 2. The van der Waals surface area contributed by atoms with Crippen LogP contribution < -0.4 is 11.1 Å². The molecule has 0 unspecified atom stereocenters. The summed E-state index contributed by atoms with van der Waals surface area (Å²) < 4.78 is 0. The zero-order valence-corrected chi connectivity index (χ0v) is 18.9. The second-order valence-electron chi connectivity index (χ2n) is 8.25. The number of carbonyl (C=O) groups is 1. The van der Waals surface area contributed by atoms with Crippen LogP contribution in [-0.4, -0.2) is 26.6 Å². The minimum atomic E-state index is 0.00249. The van der Waals surface area contributed by atoms with Crippen molar-refractivity contribution in [2.24, 2.45) is 5.92 Å². The molecule has 1 aliphatic rings. The van der Waals surface area contributed by atoms with Crippen LogP contribution in [0.4, 0.5) is 5.69 Å². The Morgan fingerprint density at radius 2 is 2.15 bits per heavy atom. The van der Waals surface area contributed by atoms with Crippen LogP contribution in [0.2, 0.25) is 0 Å². The normalized spacial score (nSPS) is 15.6. The number of rotatable bonds is 7. The first kappa shape index (κ1) is 22.2. The molecule has 7 heteroatoms. The van der Waals surface area contributed by atoms with E-state index in [4.69, 9.17) is 16.1 Å². The number of nitrogens with two attached hydrogens (primary N) is 1. The van der Waals surface area contributed by atoms with Crippen LogP contribution in [0.25, 0.3) is 16.5 Å². The number of amides is 1. The van der Waals surface area contributed by atoms with Crippen molar-refractivity contribution in [3.05, 3.63) is 83.7 Å². The fourth-order valence-corrected chi connectivity index (χ4v) is 3.72. The molecule has 0 spiro atoms. The summed E-state index contributed by atoms with van der Waals surface area (Å²) in [7, 11) is 0. The molecule has 0 saturated carbocycles. The Morgan fingerprint density at radius 3 is 2.94 bits per heavy atom. The van der Waals surface area contributed by atoms with Gasteiger partial charge in [-0.15, -0.1) is 0 Å². The third-order valence-electron chi connectivity index (χ3n) is 5.52. The molecular formula is C26H28N6O. The number of anilines is 1. The van der Waals surface area contributed by atoms with Gasteiger partial charge in [-0.2, -0.15) is 0 Å². The van der Waals surface area contributed by atoms with E-state index in [2.05, 4.69) is 35.2 Å². The summed E-state index contributed by atoms with van der Waals surface area (Å²) in [6, 6.07) is 7.36. The highest BCUT2D eigenvalue weighted by molar-refractivity contribution is 6.13. The van der Waals surface area contributed by atoms with E-state index in [1.54, 1.807) is 18.5 Å². The Balaban J connectivity index is 1.66. The zero-order chi connectivity index (χ0) is 23.4. The van der Waals surface area contributed by atoms with Gasteiger partial charge in [-0.25, -0.2) is 4.98 Å². The average molecular weight is 441 g/mol. The van der Waals surface area contributed by atoms with Crippen molar-refractivity contribution < 1.29 is 4.79 Å². The summed E-state index contributed by atoms with van der Waals surface area (Å²) in [6.07, 6.45) is 13.8. The van der Waals surface area contributed by atoms with Crippen molar-refractivity contribution in [2.75, 3.05) is 5.73 Å². The minimum Gasteiger partial charge on any atom is -0.397 e. The van der Waals surface area contributed by atoms with Crippen LogP contribution in [0.15, 0.2) is 66.7 Å². The van der Waals surface area contributed by atoms with Crippen LogP contribution in [0, 0.1) is 11.3 Å². The number of hydrogen-bond donors (Lipinski definition) is 4. The zero-order valence-electron chi connectivity index (χ0n) is 18.9. The first-order valence-corrected chi connectivity index (χ1v) is 11.1. The van der Waals surface area contributed by atoms with E-state index in [0.717, 1.165) is 35.0 Å². The molecule has 0 aliphatic heterocycles. The number of fused-ring (bicyclic) bond motifs is 1. The second-order valence-corrected chi connectivity index (χ2v) is 8.25. The van der Waals surface area contributed by atoms with Crippen molar-refractivity contribution in [3.8, 4) is 0 Å². The van der Waals surface area contributed by atoms with Gasteiger partial charge < -0.3 is 16.0 Å². The van der Waals surface area contributed by atoms with Gasteiger partial charge in [0.15, 0.2) is 0 Å². The molecule has 0 fully saturated rings. The lowest BCUT2D eigenvalue weighted by Crippen LogP contribution is -2.21. The molecule has 3 heterocycles. The summed E-state index contributed by atoms with van der Waals surface area (Å²) in [4.78, 5) is 24.4. The Morgan fingerprint density at radius 1 is 1.30 bits per heavy atom. The molecule has 1 atom stereocenters. The van der Waals surface area contributed by atoms with Crippen molar-refractivity contribution >= 4 is 33.8 Å². The molecule has 0 radical (unpaired) electrons. The Hall–Kier alpha value is -4.00. The van der Waals surface area contributed by atoms with Crippen LogP contribution in [0.5, 0.6) is 0 Å². The number of hydrogen-bond acceptors (Lipinski definition) is 5. The van der Waals surface area contributed by atoms with E-state index in [-0.39, 0.29) is 17.5 Å². The quantitative estimate of drug-likeness (QED) is 0.397. The molecule has 0 saturated heterocycles. The summed E-state index contributed by atoms with van der Waals surface area (Å²) in [5, 5.41) is 12.6. The molecule has 1 amide bonds. The van der Waals surface area contributed by atoms with E-state index in [0.29, 0.717) is 29.2 Å². The van der Waals surface area contributed by atoms with Gasteiger partial charge in [-0.1, -0.05) is 32.4 Å². The predicted molar refractivity (Wildman–Crippen MR) is 133 cm³/mol. The van der Waals surface area contributed by atoms with Crippen molar-refractivity contribution in [3.63, 3.8) is 0 Å². The molecule has 3 aromatic heterocycles. The third-order valence-corrected chi connectivity index (χ3v) is 5.52. The van der Waals surface area contributed by atoms with Gasteiger partial charge in [-0.05, 0) is 54.3 Å². The highest BCUT2D eigenvalue weighted by Crippen LogP contribution is 2.25. The van der Waals surface area contributed by atoms with Crippen molar-refractivity contribution in [1.29, 1.82) is 5.41 Å². The molecule has 33 heavy (non-hydrogen) atoms. The first-order chi connectivity index (χ1) is 15.9. The van der Waals surface area contributed by atoms with Gasteiger partial charge in [-0.3, -0.25) is 15.2 Å². The van der Waals surface area contributed by atoms with E-state index in [1.807, 2.05) is 36.4 Å². The van der Waals surface area contributed by atoms with Gasteiger partial charge in [0, 0.05) is 35.4 Å². The topological polar surface area (TPSA) is 121 Å². The van der Waals surface area contributed by atoms with Crippen LogP contribution in [0.1, 0.15) is 50.2 Å². The summed E-state index contributed by atoms with van der Waals surface area (Å²) >= 11 is 0. The van der Waals surface area contributed by atoms with Crippen LogP contribution in [-0.2, 0) is 4.79 Å². The number of unbranched alkanes of at least 4 members (excludes halogenated alkanes) is 1. The van der Waals surface area contributed by atoms with Gasteiger partial charge in [0.2, 0.25) is 5.91 Å². The fourth-order valence-electron chi connectivity index (χ4n) is 3.72. The average Bonchev–Trinajstić information content (AvgIpc) is 3.16. The molecule has 3 aromatic rings. The Labute approximate surface area is 193 Å². The molecular weight excluding hydrogens is 412 g/mol. The number of allylic oxidation sites excluding steroid dienone is 5. The lowest BCUT2D eigenvalue weighted by Gasteiger charge is -2.11. The summed E-state index contributed by atoms with van der Waals surface area (Å²) in [5.41, 5.74) is 11.1. The lowest BCUT2D eigenvalue weighted by molar-refractivity contribution is -0.120. The number of carbonyl (C=O) groups excluding carboxylic acids is 1. The van der Waals surface area contributed by atoms with Gasteiger partial charge in [0.1, 0.15) is 11.4 Å². The van der Waals surface area contributed by atoms with Gasteiger partial charge in [0.25, 0.3) is 0 Å².